The quantitative estimate of drug-likeness (QED) is 0.378. The van der Waals surface area contributed by atoms with Gasteiger partial charge in [-0.2, -0.15) is 0 Å². The summed E-state index contributed by atoms with van der Waals surface area (Å²) in [5.41, 5.74) is -1.67. The van der Waals surface area contributed by atoms with E-state index in [0.29, 0.717) is 0 Å². The molecule has 0 saturated carbocycles. The van der Waals surface area contributed by atoms with Gasteiger partial charge in [-0.05, 0) is 0 Å². The minimum Gasteiger partial charge on any atom is -0.419 e. The Balaban J connectivity index is 2.27. The molecule has 0 N–H and O–H groups in total. The lowest BCUT2D eigenvalue weighted by molar-refractivity contribution is -0.237. The van der Waals surface area contributed by atoms with Gasteiger partial charge >= 0.3 is 17.6 Å². The van der Waals surface area contributed by atoms with E-state index in [2.05, 4.69) is 10.2 Å². The highest BCUT2D eigenvalue weighted by Crippen LogP contribution is 2.37. The monoisotopic (exact) mass is 170 g/mol. The van der Waals surface area contributed by atoms with E-state index in [1.807, 2.05) is 0 Å². The van der Waals surface area contributed by atoms with Gasteiger partial charge in [-0.15, -0.1) is 10.2 Å². The Labute approximate surface area is 67.5 Å². The molecule has 0 unspecified atom stereocenters. The summed E-state index contributed by atoms with van der Waals surface area (Å²) in [4.78, 5) is 22.2. The van der Waals surface area contributed by atoms with E-state index in [-0.39, 0.29) is 0 Å². The van der Waals surface area contributed by atoms with Crippen LogP contribution in [-0.4, -0.2) is 23.4 Å². The molecule has 1 saturated heterocycles. The Bertz CT molecular complexity index is 279. The van der Waals surface area contributed by atoms with E-state index in [9.17, 15) is 9.59 Å². The molecule has 2 rings (SSSR count). The first kappa shape index (κ1) is 7.20. The van der Waals surface area contributed by atoms with Crippen molar-refractivity contribution in [2.45, 2.75) is 25.3 Å². The highest BCUT2D eigenvalue weighted by Gasteiger charge is 2.65. The number of esters is 2. The fraction of sp³-hybridized carbons (Fsp3) is 0.667. The van der Waals surface area contributed by atoms with Gasteiger partial charge in [0.2, 0.25) is 0 Å². The van der Waals surface area contributed by atoms with Crippen LogP contribution in [-0.2, 0) is 19.1 Å². The highest BCUT2D eigenvalue weighted by molar-refractivity contribution is 6.08. The van der Waals surface area contributed by atoms with Crippen molar-refractivity contribution >= 4 is 11.9 Å². The molecule has 0 bridgehead atoms. The van der Waals surface area contributed by atoms with Crippen LogP contribution in [0, 0.1) is 0 Å². The first-order valence-corrected chi connectivity index (χ1v) is 3.37. The maximum atomic E-state index is 11.1. The standard InChI is InChI=1S/C6H6N2O4/c1-5(2)11-3(9)6(7-8-6)4(10)12-5/h1-2H3. The SMILES string of the molecule is CC1(C)OC(=O)C2(N=N2)C(=O)O1. The van der Waals surface area contributed by atoms with Gasteiger partial charge in [0, 0.05) is 13.8 Å². The Kier molecular flexibility index (Phi) is 0.990. The summed E-state index contributed by atoms with van der Waals surface area (Å²) in [6, 6.07) is 0. The number of cyclic esters (lactones) is 2. The Morgan fingerprint density at radius 3 is 1.83 bits per heavy atom. The topological polar surface area (TPSA) is 77.3 Å². The van der Waals surface area contributed by atoms with Gasteiger partial charge in [0.1, 0.15) is 0 Å². The third-order valence-corrected chi connectivity index (χ3v) is 1.55. The number of carbonyl (C=O) groups excluding carboxylic acids is 2. The Morgan fingerprint density at radius 2 is 1.50 bits per heavy atom. The van der Waals surface area contributed by atoms with Gasteiger partial charge in [-0.3, -0.25) is 0 Å². The van der Waals surface area contributed by atoms with Gasteiger partial charge in [-0.25, -0.2) is 9.59 Å². The maximum Gasteiger partial charge on any atom is 0.382 e. The molecule has 12 heavy (non-hydrogen) atoms. The summed E-state index contributed by atoms with van der Waals surface area (Å²) in [5, 5.41) is 6.59. The van der Waals surface area contributed by atoms with Crippen LogP contribution in [0.25, 0.3) is 0 Å². The zero-order valence-electron chi connectivity index (χ0n) is 6.53. The van der Waals surface area contributed by atoms with Crippen molar-refractivity contribution in [1.29, 1.82) is 0 Å². The largest absolute Gasteiger partial charge is 0.419 e. The maximum absolute atomic E-state index is 11.1. The summed E-state index contributed by atoms with van der Waals surface area (Å²) in [6.45, 7) is 2.94. The predicted octanol–water partition coefficient (Wildman–Crippen LogP) is -0.0154. The van der Waals surface area contributed by atoms with Crippen LogP contribution in [0.5, 0.6) is 0 Å². The number of ether oxygens (including phenoxy) is 2. The predicted molar refractivity (Wildman–Crippen MR) is 33.9 cm³/mol. The normalized spacial score (nSPS) is 28.2. The second-order valence-electron chi connectivity index (χ2n) is 3.05. The molecular weight excluding hydrogens is 164 g/mol. The van der Waals surface area contributed by atoms with E-state index in [4.69, 9.17) is 9.47 Å². The molecule has 1 spiro atoms. The fourth-order valence-corrected chi connectivity index (χ4v) is 0.906. The number of nitrogens with zero attached hydrogens (tertiary/aromatic N) is 2. The molecule has 0 aromatic rings. The fourth-order valence-electron chi connectivity index (χ4n) is 0.906. The van der Waals surface area contributed by atoms with Gasteiger partial charge in [0.05, 0.1) is 0 Å². The van der Waals surface area contributed by atoms with Crippen LogP contribution in [0.1, 0.15) is 13.8 Å². The lowest BCUT2D eigenvalue weighted by atomic mass is 10.2. The van der Waals surface area contributed by atoms with Crippen LogP contribution < -0.4 is 0 Å². The summed E-state index contributed by atoms with van der Waals surface area (Å²) in [7, 11) is 0. The second-order valence-corrected chi connectivity index (χ2v) is 3.05. The molecule has 0 radical (unpaired) electrons. The van der Waals surface area contributed by atoms with Crippen molar-refractivity contribution in [2.24, 2.45) is 10.2 Å². The summed E-state index contributed by atoms with van der Waals surface area (Å²) in [6.07, 6.45) is 0. The first-order chi connectivity index (χ1) is 5.46. The van der Waals surface area contributed by atoms with E-state index >= 15 is 0 Å². The van der Waals surface area contributed by atoms with Crippen molar-refractivity contribution in [2.75, 3.05) is 0 Å². The van der Waals surface area contributed by atoms with Crippen molar-refractivity contribution < 1.29 is 19.1 Å². The average molecular weight is 170 g/mol. The van der Waals surface area contributed by atoms with Crippen LogP contribution in [0.3, 0.4) is 0 Å². The molecule has 0 amide bonds. The molecular formula is C6H6N2O4. The number of hydrogen-bond acceptors (Lipinski definition) is 6. The number of hydrogen-bond donors (Lipinski definition) is 0. The molecule has 6 nitrogen and oxygen atoms in total. The van der Waals surface area contributed by atoms with Crippen LogP contribution in [0.4, 0.5) is 0 Å². The molecule has 1 fully saturated rings. The van der Waals surface area contributed by atoms with Gasteiger partial charge < -0.3 is 9.47 Å². The number of carbonyl (C=O) groups is 2. The van der Waals surface area contributed by atoms with Crippen LogP contribution in [0.2, 0.25) is 0 Å². The van der Waals surface area contributed by atoms with E-state index in [0.717, 1.165) is 0 Å². The van der Waals surface area contributed by atoms with Gasteiger partial charge in [0.25, 0.3) is 5.79 Å². The minimum absolute atomic E-state index is 0.760. The average Bonchev–Trinajstić information content (AvgIpc) is 2.59. The van der Waals surface area contributed by atoms with Crippen molar-refractivity contribution in [3.8, 4) is 0 Å². The molecule has 0 aliphatic carbocycles. The first-order valence-electron chi connectivity index (χ1n) is 3.37. The molecule has 0 aromatic carbocycles. The van der Waals surface area contributed by atoms with E-state index < -0.39 is 23.4 Å². The molecule has 2 aliphatic rings. The summed E-state index contributed by atoms with van der Waals surface area (Å²) >= 11 is 0. The number of rotatable bonds is 0. The van der Waals surface area contributed by atoms with Crippen LogP contribution in [0.15, 0.2) is 10.2 Å². The highest BCUT2D eigenvalue weighted by atomic mass is 16.7. The van der Waals surface area contributed by atoms with Crippen molar-refractivity contribution in [1.82, 2.24) is 0 Å². The van der Waals surface area contributed by atoms with Crippen LogP contribution >= 0.6 is 0 Å². The molecule has 2 aliphatic heterocycles. The zero-order chi connectivity index (χ0) is 8.98. The molecule has 2 heterocycles. The molecule has 64 valence electrons. The minimum atomic E-state index is -1.67. The smallest absolute Gasteiger partial charge is 0.382 e. The summed E-state index contributed by atoms with van der Waals surface area (Å²) < 4.78 is 9.50. The van der Waals surface area contributed by atoms with Gasteiger partial charge in [0.15, 0.2) is 0 Å². The second kappa shape index (κ2) is 1.65. The van der Waals surface area contributed by atoms with E-state index in [1.54, 1.807) is 0 Å². The van der Waals surface area contributed by atoms with Crippen molar-refractivity contribution in [3.63, 3.8) is 0 Å². The third-order valence-electron chi connectivity index (χ3n) is 1.55. The third kappa shape index (κ3) is 0.744. The van der Waals surface area contributed by atoms with E-state index in [1.165, 1.54) is 13.8 Å². The summed E-state index contributed by atoms with van der Waals surface area (Å²) in [5.74, 6) is -2.72. The zero-order valence-corrected chi connectivity index (χ0v) is 6.53. The molecule has 0 atom stereocenters. The van der Waals surface area contributed by atoms with Gasteiger partial charge in [-0.1, -0.05) is 0 Å². The lowest BCUT2D eigenvalue weighted by Crippen LogP contribution is -2.51. The lowest BCUT2D eigenvalue weighted by Gasteiger charge is -2.30. The Morgan fingerprint density at radius 1 is 1.08 bits per heavy atom. The van der Waals surface area contributed by atoms with Crippen molar-refractivity contribution in [3.05, 3.63) is 0 Å². The molecule has 0 aromatic heterocycles. The Hall–Kier alpha value is -1.46. The molecule has 6 heteroatoms.